The van der Waals surface area contributed by atoms with E-state index in [0.717, 1.165) is 11.3 Å². The molecule has 0 bridgehead atoms. The summed E-state index contributed by atoms with van der Waals surface area (Å²) in [6.07, 6.45) is 3.19. The minimum absolute atomic E-state index is 0.0772. The Hall–Kier alpha value is -3.21. The molecular weight excluding hydrogens is 329 g/mol. The minimum Gasteiger partial charge on any atom is -0.354 e. The molecule has 26 heavy (non-hydrogen) atoms. The van der Waals surface area contributed by atoms with E-state index in [2.05, 4.69) is 10.3 Å². The molecule has 1 heterocycles. The number of amides is 1. The van der Waals surface area contributed by atoms with Crippen molar-refractivity contribution in [3.05, 3.63) is 90.0 Å². The number of halogens is 1. The summed E-state index contributed by atoms with van der Waals surface area (Å²) in [5.41, 5.74) is 3.00. The van der Waals surface area contributed by atoms with Crippen molar-refractivity contribution in [1.82, 2.24) is 9.88 Å². The summed E-state index contributed by atoms with van der Waals surface area (Å²) in [4.78, 5) is 18.8. The zero-order valence-electron chi connectivity index (χ0n) is 14.5. The molecule has 3 rings (SSSR count). The highest BCUT2D eigenvalue weighted by Crippen LogP contribution is 2.18. The van der Waals surface area contributed by atoms with E-state index in [-0.39, 0.29) is 11.7 Å². The Morgan fingerprint density at radius 2 is 1.77 bits per heavy atom. The highest BCUT2D eigenvalue weighted by atomic mass is 19.1. The van der Waals surface area contributed by atoms with Crippen LogP contribution in [0.5, 0.6) is 0 Å². The number of hydrogen-bond acceptors (Lipinski definition) is 3. The lowest BCUT2D eigenvalue weighted by atomic mass is 10.2. The van der Waals surface area contributed by atoms with Crippen molar-refractivity contribution in [2.75, 3.05) is 11.9 Å². The Bertz CT molecular complexity index is 866. The van der Waals surface area contributed by atoms with Crippen molar-refractivity contribution in [3.8, 4) is 0 Å². The molecule has 1 N–H and O–H groups in total. The van der Waals surface area contributed by atoms with Gasteiger partial charge < -0.3 is 10.2 Å². The van der Waals surface area contributed by atoms with Gasteiger partial charge in [0, 0.05) is 25.0 Å². The largest absolute Gasteiger partial charge is 0.354 e. The normalized spacial score (nSPS) is 10.4. The zero-order valence-corrected chi connectivity index (χ0v) is 14.5. The number of nitrogens with one attached hydrogen (secondary N) is 1. The average Bonchev–Trinajstić information content (AvgIpc) is 2.68. The first kappa shape index (κ1) is 17.6. The summed E-state index contributed by atoms with van der Waals surface area (Å²) < 4.78 is 13.0. The summed E-state index contributed by atoms with van der Waals surface area (Å²) in [7, 11) is 0. The molecule has 0 saturated heterocycles. The molecule has 0 aliphatic heterocycles. The molecule has 3 aromatic rings. The van der Waals surface area contributed by atoms with Crippen molar-refractivity contribution in [1.29, 1.82) is 0 Å². The molecule has 0 aliphatic carbocycles. The zero-order chi connectivity index (χ0) is 18.4. The molecule has 1 aromatic heterocycles. The first-order chi connectivity index (χ1) is 12.7. The van der Waals surface area contributed by atoms with Gasteiger partial charge in [-0.05, 0) is 42.8 Å². The van der Waals surface area contributed by atoms with Gasteiger partial charge >= 0.3 is 0 Å². The topological polar surface area (TPSA) is 45.2 Å². The summed E-state index contributed by atoms with van der Waals surface area (Å²) in [5, 5.41) is 3.13. The van der Waals surface area contributed by atoms with E-state index >= 15 is 0 Å². The fourth-order valence-electron chi connectivity index (χ4n) is 2.64. The first-order valence-corrected chi connectivity index (χ1v) is 8.46. The number of carbonyl (C=O) groups is 1. The van der Waals surface area contributed by atoms with Crippen molar-refractivity contribution in [2.45, 2.75) is 13.5 Å². The maximum atomic E-state index is 13.0. The van der Waals surface area contributed by atoms with Crippen molar-refractivity contribution in [2.24, 2.45) is 0 Å². The number of carbonyl (C=O) groups excluding carboxylic acids is 1. The number of nitrogens with zero attached hydrogens (tertiary/aromatic N) is 2. The lowest BCUT2D eigenvalue weighted by Crippen LogP contribution is -2.30. The molecule has 0 radical (unpaired) electrons. The lowest BCUT2D eigenvalue weighted by molar-refractivity contribution is 0.0752. The Balaban J connectivity index is 1.75. The maximum Gasteiger partial charge on any atom is 0.255 e. The van der Waals surface area contributed by atoms with E-state index < -0.39 is 0 Å². The summed E-state index contributed by atoms with van der Waals surface area (Å²) in [6.45, 7) is 3.10. The van der Waals surface area contributed by atoms with Crippen LogP contribution < -0.4 is 5.32 Å². The highest BCUT2D eigenvalue weighted by molar-refractivity contribution is 5.94. The predicted octanol–water partition coefficient (Wildman–Crippen LogP) is 4.63. The second-order valence-corrected chi connectivity index (χ2v) is 5.90. The van der Waals surface area contributed by atoms with Crippen LogP contribution in [0.1, 0.15) is 22.8 Å². The highest BCUT2D eigenvalue weighted by Gasteiger charge is 2.15. The van der Waals surface area contributed by atoms with E-state index in [9.17, 15) is 9.18 Å². The third-order valence-electron chi connectivity index (χ3n) is 4.00. The van der Waals surface area contributed by atoms with Crippen LogP contribution in [0.4, 0.5) is 15.8 Å². The SMILES string of the molecule is CCN(Cc1ccccc1)C(=O)c1cncc(Nc2ccc(F)cc2)c1. The van der Waals surface area contributed by atoms with Crippen LogP contribution in [0.3, 0.4) is 0 Å². The molecule has 5 heteroatoms. The number of benzene rings is 2. The number of rotatable bonds is 6. The molecule has 0 spiro atoms. The maximum absolute atomic E-state index is 13.0. The second kappa shape index (κ2) is 8.25. The van der Waals surface area contributed by atoms with Gasteiger partial charge in [-0.25, -0.2) is 4.39 Å². The van der Waals surface area contributed by atoms with Crippen LogP contribution >= 0.6 is 0 Å². The van der Waals surface area contributed by atoms with Gasteiger partial charge in [0.2, 0.25) is 0 Å². The molecule has 0 unspecified atom stereocenters. The van der Waals surface area contributed by atoms with Crippen LogP contribution in [0.2, 0.25) is 0 Å². The van der Waals surface area contributed by atoms with Crippen LogP contribution in [0, 0.1) is 5.82 Å². The lowest BCUT2D eigenvalue weighted by Gasteiger charge is -2.21. The summed E-state index contributed by atoms with van der Waals surface area (Å²) >= 11 is 0. The van der Waals surface area contributed by atoms with Crippen LogP contribution in [0.15, 0.2) is 73.1 Å². The fourth-order valence-corrected chi connectivity index (χ4v) is 2.64. The monoisotopic (exact) mass is 349 g/mol. The van der Waals surface area contributed by atoms with E-state index in [1.54, 1.807) is 35.5 Å². The van der Waals surface area contributed by atoms with Crippen molar-refractivity contribution < 1.29 is 9.18 Å². The smallest absolute Gasteiger partial charge is 0.255 e. The fraction of sp³-hybridized carbons (Fsp3) is 0.143. The standard InChI is InChI=1S/C21H20FN3O/c1-2-25(15-16-6-4-3-5-7-16)21(26)17-12-20(14-23-13-17)24-19-10-8-18(22)9-11-19/h3-14,24H,2,15H2,1H3. The van der Waals surface area contributed by atoms with Crippen molar-refractivity contribution >= 4 is 17.3 Å². The molecule has 0 aliphatic rings. The summed E-state index contributed by atoms with van der Waals surface area (Å²) in [5.74, 6) is -0.372. The van der Waals surface area contributed by atoms with Gasteiger partial charge in [-0.3, -0.25) is 9.78 Å². The van der Waals surface area contributed by atoms with Gasteiger partial charge in [-0.2, -0.15) is 0 Å². The summed E-state index contributed by atoms with van der Waals surface area (Å²) in [6, 6.07) is 17.7. The van der Waals surface area contributed by atoms with Crippen LogP contribution in [-0.4, -0.2) is 22.3 Å². The van der Waals surface area contributed by atoms with E-state index in [0.29, 0.717) is 24.3 Å². The van der Waals surface area contributed by atoms with E-state index in [4.69, 9.17) is 0 Å². The molecule has 2 aromatic carbocycles. The van der Waals surface area contributed by atoms with Gasteiger partial charge in [0.05, 0.1) is 17.4 Å². The Morgan fingerprint density at radius 3 is 2.46 bits per heavy atom. The molecule has 4 nitrogen and oxygen atoms in total. The third kappa shape index (κ3) is 4.45. The molecule has 0 atom stereocenters. The molecule has 0 saturated carbocycles. The van der Waals surface area contributed by atoms with Gasteiger partial charge in [0.25, 0.3) is 5.91 Å². The number of aromatic nitrogens is 1. The molecule has 132 valence electrons. The van der Waals surface area contributed by atoms with Gasteiger partial charge in [-0.1, -0.05) is 30.3 Å². The number of hydrogen-bond donors (Lipinski definition) is 1. The Morgan fingerprint density at radius 1 is 1.04 bits per heavy atom. The Kier molecular flexibility index (Phi) is 5.59. The van der Waals surface area contributed by atoms with Gasteiger partial charge in [0.15, 0.2) is 0 Å². The van der Waals surface area contributed by atoms with Gasteiger partial charge in [0.1, 0.15) is 5.82 Å². The van der Waals surface area contributed by atoms with Gasteiger partial charge in [-0.15, -0.1) is 0 Å². The number of anilines is 2. The molecular formula is C21H20FN3O. The molecule has 0 fully saturated rings. The van der Waals surface area contributed by atoms with E-state index in [1.807, 2.05) is 37.3 Å². The first-order valence-electron chi connectivity index (χ1n) is 8.46. The van der Waals surface area contributed by atoms with E-state index in [1.165, 1.54) is 12.1 Å². The second-order valence-electron chi connectivity index (χ2n) is 5.90. The van der Waals surface area contributed by atoms with Crippen molar-refractivity contribution in [3.63, 3.8) is 0 Å². The third-order valence-corrected chi connectivity index (χ3v) is 4.00. The van der Waals surface area contributed by atoms with Crippen LogP contribution in [-0.2, 0) is 6.54 Å². The number of pyridine rings is 1. The average molecular weight is 349 g/mol. The Labute approximate surface area is 152 Å². The molecule has 1 amide bonds. The quantitative estimate of drug-likeness (QED) is 0.706. The minimum atomic E-state index is -0.294. The van der Waals surface area contributed by atoms with Crippen LogP contribution in [0.25, 0.3) is 0 Å². The predicted molar refractivity (Wildman–Crippen MR) is 101 cm³/mol.